The second-order valence-corrected chi connectivity index (χ2v) is 20.4. The van der Waals surface area contributed by atoms with Crippen LogP contribution in [-0.2, 0) is 6.15 Å². The standard InChI is InChI=1S/2C8H17.2C6H15N2O.Sn/c2*1-3-5-7-8-6-4-2;2*7-4-2-1-3-6(8)5-9;/h2*1,3-8H2,2H3;2*6H,1-5,7-8H2;/q;;2*-1;+2/t;;2*6-;/m..10./s1. The Hall–Kier alpha value is 0.559. The number of hydrogen-bond donors (Lipinski definition) is 4. The van der Waals surface area contributed by atoms with E-state index in [1.54, 1.807) is 0 Å². The van der Waals surface area contributed by atoms with Crippen LogP contribution >= 0.6 is 0 Å². The zero-order chi connectivity index (χ0) is 26.0. The van der Waals surface area contributed by atoms with E-state index in [1.807, 2.05) is 0 Å². The van der Waals surface area contributed by atoms with Crippen LogP contribution in [0.1, 0.15) is 129 Å². The molecule has 0 unspecified atom stereocenters. The van der Waals surface area contributed by atoms with Gasteiger partial charge in [0.05, 0.1) is 0 Å². The van der Waals surface area contributed by atoms with Gasteiger partial charge in [0.2, 0.25) is 0 Å². The Morgan fingerprint density at radius 3 is 1.26 bits per heavy atom. The summed E-state index contributed by atoms with van der Waals surface area (Å²) in [5, 5.41) is 0. The van der Waals surface area contributed by atoms with Gasteiger partial charge < -0.3 is 0 Å². The third-order valence-electron chi connectivity index (χ3n) is 7.00. The van der Waals surface area contributed by atoms with Crippen molar-refractivity contribution in [2.24, 2.45) is 22.9 Å². The van der Waals surface area contributed by atoms with Crippen molar-refractivity contribution in [3.05, 3.63) is 0 Å². The first-order valence-corrected chi connectivity index (χ1v) is 21.6. The first-order valence-electron chi connectivity index (χ1n) is 15.2. The van der Waals surface area contributed by atoms with Crippen LogP contribution in [-0.4, -0.2) is 57.6 Å². The Morgan fingerprint density at radius 1 is 0.514 bits per heavy atom. The quantitative estimate of drug-likeness (QED) is 0.0631. The van der Waals surface area contributed by atoms with Crippen molar-refractivity contribution in [2.45, 2.75) is 150 Å². The molecule has 6 nitrogen and oxygen atoms in total. The molecule has 0 aliphatic heterocycles. The van der Waals surface area contributed by atoms with E-state index in [-0.39, 0.29) is 12.1 Å². The SMILES string of the molecule is CCCCCCC[CH2][Sn]([CH2]CCCCCCC)([O]C[C@H](N)CCCCN)[O]C[C@@H](N)CCCCN. The third kappa shape index (κ3) is 22.3. The summed E-state index contributed by atoms with van der Waals surface area (Å²) in [6, 6.07) is 0.155. The zero-order valence-electron chi connectivity index (χ0n) is 23.8. The monoisotopic (exact) mass is 608 g/mol. The van der Waals surface area contributed by atoms with Crippen molar-refractivity contribution in [2.75, 3.05) is 26.3 Å². The number of hydrogen-bond acceptors (Lipinski definition) is 6. The van der Waals surface area contributed by atoms with Gasteiger partial charge in [-0.2, -0.15) is 0 Å². The molecule has 8 N–H and O–H groups in total. The van der Waals surface area contributed by atoms with Gasteiger partial charge in [0.1, 0.15) is 0 Å². The van der Waals surface area contributed by atoms with E-state index < -0.39 is 19.2 Å². The Balaban J connectivity index is 5.06. The third-order valence-corrected chi connectivity index (χ3v) is 17.3. The van der Waals surface area contributed by atoms with Crippen molar-refractivity contribution in [1.82, 2.24) is 0 Å². The number of nitrogens with two attached hydrogens (primary N) is 4. The summed E-state index contributed by atoms with van der Waals surface area (Å²) in [6.45, 7) is 7.29. The maximum atomic E-state index is 6.81. The average molecular weight is 608 g/mol. The first kappa shape index (κ1) is 35.6. The minimum absolute atomic E-state index is 0.0774. The van der Waals surface area contributed by atoms with Crippen LogP contribution in [0, 0.1) is 0 Å². The molecule has 7 heteroatoms. The van der Waals surface area contributed by atoms with Gasteiger partial charge in [0, 0.05) is 0 Å². The van der Waals surface area contributed by atoms with Crippen LogP contribution in [0.3, 0.4) is 0 Å². The predicted octanol–water partition coefficient (Wildman–Crippen LogP) is 6.10. The Bertz CT molecular complexity index is 394. The molecule has 35 heavy (non-hydrogen) atoms. The van der Waals surface area contributed by atoms with Gasteiger partial charge in [-0.05, 0) is 0 Å². The van der Waals surface area contributed by atoms with Crippen molar-refractivity contribution in [1.29, 1.82) is 0 Å². The normalized spacial score (nSPS) is 13.9. The molecule has 0 radical (unpaired) electrons. The Kier molecular flexibility index (Phi) is 26.6. The molecule has 0 bridgehead atoms. The fraction of sp³-hybridized carbons (Fsp3) is 1.00. The summed E-state index contributed by atoms with van der Waals surface area (Å²) < 4.78 is 15.9. The summed E-state index contributed by atoms with van der Waals surface area (Å²) in [7, 11) is 0. The van der Waals surface area contributed by atoms with Crippen LogP contribution in [0.2, 0.25) is 8.87 Å². The molecule has 0 aliphatic carbocycles. The van der Waals surface area contributed by atoms with Crippen molar-refractivity contribution >= 4 is 19.2 Å². The summed E-state index contributed by atoms with van der Waals surface area (Å²) in [5.41, 5.74) is 24.2. The summed E-state index contributed by atoms with van der Waals surface area (Å²) in [4.78, 5) is 0. The summed E-state index contributed by atoms with van der Waals surface area (Å²) >= 11 is -3.28. The minimum atomic E-state index is -3.28. The molecule has 0 saturated carbocycles. The van der Waals surface area contributed by atoms with Crippen LogP contribution in [0.15, 0.2) is 0 Å². The van der Waals surface area contributed by atoms with Crippen molar-refractivity contribution < 1.29 is 6.15 Å². The van der Waals surface area contributed by atoms with E-state index in [0.29, 0.717) is 13.2 Å². The average Bonchev–Trinajstić information content (AvgIpc) is 2.85. The second-order valence-electron chi connectivity index (χ2n) is 10.7. The van der Waals surface area contributed by atoms with Crippen molar-refractivity contribution in [3.8, 4) is 0 Å². The molecule has 0 aromatic carbocycles. The van der Waals surface area contributed by atoms with E-state index in [9.17, 15) is 0 Å². The molecule has 0 amide bonds. The van der Waals surface area contributed by atoms with Gasteiger partial charge in [-0.3, -0.25) is 0 Å². The number of rotatable bonds is 28. The van der Waals surface area contributed by atoms with E-state index in [1.165, 1.54) is 77.0 Å². The second kappa shape index (κ2) is 26.2. The Morgan fingerprint density at radius 2 is 0.886 bits per heavy atom. The van der Waals surface area contributed by atoms with E-state index >= 15 is 0 Å². The van der Waals surface area contributed by atoms with Gasteiger partial charge >= 0.3 is 225 Å². The van der Waals surface area contributed by atoms with Crippen LogP contribution < -0.4 is 22.9 Å². The molecule has 0 spiro atoms. The predicted molar refractivity (Wildman–Crippen MR) is 156 cm³/mol. The molecule has 0 heterocycles. The van der Waals surface area contributed by atoms with Gasteiger partial charge in [-0.15, -0.1) is 0 Å². The molecule has 0 aliphatic rings. The van der Waals surface area contributed by atoms with E-state index in [0.717, 1.165) is 60.5 Å². The van der Waals surface area contributed by atoms with Gasteiger partial charge in [0.15, 0.2) is 0 Å². The van der Waals surface area contributed by atoms with Crippen LogP contribution in [0.5, 0.6) is 0 Å². The van der Waals surface area contributed by atoms with E-state index in [2.05, 4.69) is 13.8 Å². The van der Waals surface area contributed by atoms with E-state index in [4.69, 9.17) is 29.1 Å². The van der Waals surface area contributed by atoms with Gasteiger partial charge in [-0.25, -0.2) is 0 Å². The molecule has 0 aromatic rings. The maximum absolute atomic E-state index is 6.81. The summed E-state index contributed by atoms with van der Waals surface area (Å²) in [5.74, 6) is 0. The van der Waals surface area contributed by atoms with Crippen molar-refractivity contribution in [3.63, 3.8) is 0 Å². The zero-order valence-corrected chi connectivity index (χ0v) is 26.6. The molecule has 0 rings (SSSR count). The van der Waals surface area contributed by atoms with Crippen LogP contribution in [0.4, 0.5) is 0 Å². The molecule has 0 aromatic heterocycles. The molecular formula is C28H64N4O2Sn. The number of unbranched alkanes of at least 4 members (excludes halogenated alkanes) is 12. The topological polar surface area (TPSA) is 123 Å². The van der Waals surface area contributed by atoms with Gasteiger partial charge in [-0.1, -0.05) is 0 Å². The molecule has 0 fully saturated rings. The fourth-order valence-corrected chi connectivity index (χ4v) is 14.6. The fourth-order valence-electron chi connectivity index (χ4n) is 4.59. The van der Waals surface area contributed by atoms with Gasteiger partial charge in [0.25, 0.3) is 0 Å². The molecule has 212 valence electrons. The molecule has 0 saturated heterocycles. The Labute approximate surface area is 224 Å². The first-order chi connectivity index (χ1) is 17.0. The molecular weight excluding hydrogens is 543 g/mol. The van der Waals surface area contributed by atoms with Crippen LogP contribution in [0.25, 0.3) is 0 Å². The summed E-state index contributed by atoms with van der Waals surface area (Å²) in [6.07, 6.45) is 21.8. The molecule has 2 atom stereocenters.